The van der Waals surface area contributed by atoms with Gasteiger partial charge >= 0.3 is 0 Å². The first-order valence-corrected chi connectivity index (χ1v) is 6.26. The number of nitrogens with one attached hydrogen (secondary N) is 1. The fourth-order valence-corrected chi connectivity index (χ4v) is 2.08. The molecule has 0 aromatic carbocycles. The van der Waals surface area contributed by atoms with Gasteiger partial charge in [0.15, 0.2) is 5.03 Å². The predicted octanol–water partition coefficient (Wildman–Crippen LogP) is 0.742. The number of aromatic nitrogens is 1. The normalized spacial score (nSPS) is 11.5. The molecule has 1 aromatic heterocycles. The number of rotatable bonds is 5. The van der Waals surface area contributed by atoms with E-state index in [1.807, 2.05) is 6.92 Å². The summed E-state index contributed by atoms with van der Waals surface area (Å²) in [4.78, 5) is 3.76. The van der Waals surface area contributed by atoms with Gasteiger partial charge in [-0.2, -0.15) is 0 Å². The van der Waals surface area contributed by atoms with E-state index in [1.165, 1.54) is 12.3 Å². The van der Waals surface area contributed by atoms with Crippen molar-refractivity contribution < 1.29 is 8.42 Å². The van der Waals surface area contributed by atoms with Gasteiger partial charge in [0.2, 0.25) is 0 Å². The summed E-state index contributed by atoms with van der Waals surface area (Å²) in [5.41, 5.74) is 5.87. The summed E-state index contributed by atoms with van der Waals surface area (Å²) in [6, 6.07) is 2.89. The first kappa shape index (κ1) is 11.9. The van der Waals surface area contributed by atoms with Gasteiger partial charge in [-0.1, -0.05) is 13.3 Å². The zero-order valence-corrected chi connectivity index (χ0v) is 9.42. The molecule has 0 saturated heterocycles. The molecule has 0 saturated carbocycles. The Balaban J connectivity index is 2.77. The number of unbranched alkanes of at least 4 members (excludes halogenated alkanes) is 1. The molecule has 5 nitrogen and oxygen atoms in total. The lowest BCUT2D eigenvalue weighted by molar-refractivity contribution is 0.574. The molecular weight excluding hydrogens is 214 g/mol. The first-order valence-electron chi connectivity index (χ1n) is 4.77. The summed E-state index contributed by atoms with van der Waals surface area (Å²) in [5, 5.41) is -0.0291. The van der Waals surface area contributed by atoms with Crippen molar-refractivity contribution in [1.82, 2.24) is 9.71 Å². The molecular formula is C9H15N3O2S. The predicted molar refractivity (Wildman–Crippen MR) is 58.7 cm³/mol. The molecule has 15 heavy (non-hydrogen) atoms. The average Bonchev–Trinajstić information content (AvgIpc) is 2.18. The number of hydrogen-bond acceptors (Lipinski definition) is 4. The van der Waals surface area contributed by atoms with E-state index < -0.39 is 10.0 Å². The first-order chi connectivity index (χ1) is 7.06. The van der Waals surface area contributed by atoms with E-state index in [9.17, 15) is 8.42 Å². The van der Waals surface area contributed by atoms with Gasteiger partial charge < -0.3 is 5.73 Å². The molecule has 0 atom stereocenters. The lowest BCUT2D eigenvalue weighted by atomic mass is 10.3. The summed E-state index contributed by atoms with van der Waals surface area (Å²) in [5.74, 6) is 0. The third kappa shape index (κ3) is 3.49. The summed E-state index contributed by atoms with van der Waals surface area (Å²) < 4.78 is 25.7. The maximum atomic E-state index is 11.6. The number of pyridine rings is 1. The van der Waals surface area contributed by atoms with E-state index in [0.717, 1.165) is 12.8 Å². The van der Waals surface area contributed by atoms with Crippen LogP contribution in [0, 0.1) is 0 Å². The molecule has 0 unspecified atom stereocenters. The maximum absolute atomic E-state index is 11.6. The van der Waals surface area contributed by atoms with Crippen LogP contribution in [0.15, 0.2) is 23.4 Å². The largest absolute Gasteiger partial charge is 0.399 e. The molecule has 0 aliphatic heterocycles. The third-order valence-electron chi connectivity index (χ3n) is 1.86. The minimum atomic E-state index is -3.50. The summed E-state index contributed by atoms with van der Waals surface area (Å²) in [7, 11) is -3.50. The van der Waals surface area contributed by atoms with Gasteiger partial charge in [0.1, 0.15) is 0 Å². The molecule has 0 aliphatic rings. The van der Waals surface area contributed by atoms with E-state index in [2.05, 4.69) is 9.71 Å². The second-order valence-corrected chi connectivity index (χ2v) is 4.89. The Bertz CT molecular complexity index is 417. The lowest BCUT2D eigenvalue weighted by Gasteiger charge is -2.05. The van der Waals surface area contributed by atoms with Crippen LogP contribution in [-0.2, 0) is 10.0 Å². The van der Waals surface area contributed by atoms with Crippen molar-refractivity contribution in [2.45, 2.75) is 24.8 Å². The molecule has 1 aromatic rings. The van der Waals surface area contributed by atoms with Crippen LogP contribution in [0.5, 0.6) is 0 Å². The average molecular weight is 229 g/mol. The van der Waals surface area contributed by atoms with Crippen molar-refractivity contribution in [3.8, 4) is 0 Å². The van der Waals surface area contributed by atoms with Crippen LogP contribution in [0.25, 0.3) is 0 Å². The van der Waals surface area contributed by atoms with Gasteiger partial charge in [0, 0.05) is 18.4 Å². The number of anilines is 1. The SMILES string of the molecule is CCCCNS(=O)(=O)c1cc(N)ccn1. The van der Waals surface area contributed by atoms with Gasteiger partial charge in [0.05, 0.1) is 0 Å². The Morgan fingerprint density at radius 1 is 1.53 bits per heavy atom. The summed E-state index contributed by atoms with van der Waals surface area (Å²) in [6.07, 6.45) is 3.12. The van der Waals surface area contributed by atoms with Crippen molar-refractivity contribution in [3.05, 3.63) is 18.3 Å². The van der Waals surface area contributed by atoms with Gasteiger partial charge in [-0.05, 0) is 18.6 Å². The quantitative estimate of drug-likeness (QED) is 0.729. The molecule has 1 heterocycles. The highest BCUT2D eigenvalue weighted by Crippen LogP contribution is 2.08. The smallest absolute Gasteiger partial charge is 0.258 e. The van der Waals surface area contributed by atoms with E-state index >= 15 is 0 Å². The number of sulfonamides is 1. The van der Waals surface area contributed by atoms with Gasteiger partial charge in [-0.3, -0.25) is 0 Å². The number of nitrogens with zero attached hydrogens (tertiary/aromatic N) is 1. The highest BCUT2D eigenvalue weighted by Gasteiger charge is 2.14. The van der Waals surface area contributed by atoms with Crippen molar-refractivity contribution in [1.29, 1.82) is 0 Å². The zero-order chi connectivity index (χ0) is 11.3. The van der Waals surface area contributed by atoms with Crippen molar-refractivity contribution in [2.75, 3.05) is 12.3 Å². The Labute approximate surface area is 89.8 Å². The molecule has 0 amide bonds. The highest BCUT2D eigenvalue weighted by atomic mass is 32.2. The van der Waals surface area contributed by atoms with Gasteiger partial charge in [-0.25, -0.2) is 18.1 Å². The van der Waals surface area contributed by atoms with Gasteiger partial charge in [-0.15, -0.1) is 0 Å². The summed E-state index contributed by atoms with van der Waals surface area (Å²) in [6.45, 7) is 2.42. The van der Waals surface area contributed by atoms with E-state index in [0.29, 0.717) is 12.2 Å². The molecule has 0 spiro atoms. The van der Waals surface area contributed by atoms with Crippen LogP contribution in [0.2, 0.25) is 0 Å². The molecule has 1 rings (SSSR count). The fourth-order valence-electron chi connectivity index (χ4n) is 1.03. The maximum Gasteiger partial charge on any atom is 0.258 e. The Morgan fingerprint density at radius 2 is 2.27 bits per heavy atom. The van der Waals surface area contributed by atoms with Crippen molar-refractivity contribution in [2.24, 2.45) is 0 Å². The molecule has 84 valence electrons. The van der Waals surface area contributed by atoms with E-state index in [4.69, 9.17) is 5.73 Å². The third-order valence-corrected chi connectivity index (χ3v) is 3.21. The minimum absolute atomic E-state index is 0.0291. The Hall–Kier alpha value is -1.14. The van der Waals surface area contributed by atoms with Crippen LogP contribution in [0.3, 0.4) is 0 Å². The van der Waals surface area contributed by atoms with Crippen LogP contribution >= 0.6 is 0 Å². The highest BCUT2D eigenvalue weighted by molar-refractivity contribution is 7.89. The van der Waals surface area contributed by atoms with E-state index in [1.54, 1.807) is 6.07 Å². The Kier molecular flexibility index (Phi) is 4.05. The standard InChI is InChI=1S/C9H15N3O2S/c1-2-3-5-12-15(13,14)9-7-8(10)4-6-11-9/h4,6-7,12H,2-3,5H2,1H3,(H2,10,11). The monoisotopic (exact) mass is 229 g/mol. The second-order valence-electron chi connectivity index (χ2n) is 3.18. The molecule has 3 N–H and O–H groups in total. The van der Waals surface area contributed by atoms with Crippen molar-refractivity contribution in [3.63, 3.8) is 0 Å². The number of hydrogen-bond donors (Lipinski definition) is 2. The molecule has 0 radical (unpaired) electrons. The number of nitrogens with two attached hydrogens (primary N) is 1. The lowest BCUT2D eigenvalue weighted by Crippen LogP contribution is -2.25. The second kappa shape index (κ2) is 5.09. The minimum Gasteiger partial charge on any atom is -0.399 e. The van der Waals surface area contributed by atoms with Crippen LogP contribution in [0.1, 0.15) is 19.8 Å². The molecule has 6 heteroatoms. The zero-order valence-electron chi connectivity index (χ0n) is 8.60. The Morgan fingerprint density at radius 3 is 2.87 bits per heavy atom. The summed E-state index contributed by atoms with van der Waals surface area (Å²) >= 11 is 0. The van der Waals surface area contributed by atoms with Crippen LogP contribution in [0.4, 0.5) is 5.69 Å². The molecule has 0 bridgehead atoms. The van der Waals surface area contributed by atoms with Crippen molar-refractivity contribution >= 4 is 15.7 Å². The molecule has 0 aliphatic carbocycles. The topological polar surface area (TPSA) is 85.1 Å². The number of nitrogen functional groups attached to an aromatic ring is 1. The van der Waals surface area contributed by atoms with Crippen LogP contribution < -0.4 is 10.5 Å². The van der Waals surface area contributed by atoms with E-state index in [-0.39, 0.29) is 5.03 Å². The van der Waals surface area contributed by atoms with Gasteiger partial charge in [0.25, 0.3) is 10.0 Å². The fraction of sp³-hybridized carbons (Fsp3) is 0.444. The van der Waals surface area contributed by atoms with Crippen LogP contribution in [-0.4, -0.2) is 19.9 Å². The molecule has 0 fully saturated rings.